The first kappa shape index (κ1) is 22.0. The lowest BCUT2D eigenvalue weighted by molar-refractivity contribution is -0.146. The first-order chi connectivity index (χ1) is 14.7. The number of imide groups is 1. The molecule has 8 heteroatoms. The van der Waals surface area contributed by atoms with Gasteiger partial charge in [0.15, 0.2) is 12.4 Å². The Morgan fingerprint density at radius 1 is 1.03 bits per heavy atom. The average Bonchev–Trinajstić information content (AvgIpc) is 2.97. The van der Waals surface area contributed by atoms with Gasteiger partial charge in [0.1, 0.15) is 17.8 Å². The van der Waals surface area contributed by atoms with E-state index >= 15 is 0 Å². The number of nitrogens with zero attached hydrogens (tertiary/aromatic N) is 1. The largest absolute Gasteiger partial charge is 0.494 e. The first-order valence-corrected chi connectivity index (χ1v) is 9.87. The summed E-state index contributed by atoms with van der Waals surface area (Å²) in [5.41, 5.74) is 0.710. The number of ether oxygens (including phenoxy) is 2. The first-order valence-electron chi connectivity index (χ1n) is 9.87. The number of nitrogens with one attached hydrogen (secondary N) is 1. The van der Waals surface area contributed by atoms with E-state index in [9.17, 15) is 19.2 Å². The number of Topliss-reactive ketones (excluding diaryl/α,β-unsaturated/α-hetero) is 1. The molecule has 8 nitrogen and oxygen atoms in total. The SMILES string of the molecule is CCOc1ccc(C(=O)COC(=O)CN2C(=O)N[C@](C)(c3ccc(C)cc3)C2=O)cc1. The molecule has 3 rings (SSSR count). The van der Waals surface area contributed by atoms with E-state index in [1.165, 1.54) is 0 Å². The molecule has 162 valence electrons. The molecule has 31 heavy (non-hydrogen) atoms. The summed E-state index contributed by atoms with van der Waals surface area (Å²) < 4.78 is 10.3. The van der Waals surface area contributed by atoms with Gasteiger partial charge >= 0.3 is 12.0 Å². The van der Waals surface area contributed by atoms with Gasteiger partial charge in [-0.3, -0.25) is 19.3 Å². The molecule has 1 saturated heterocycles. The van der Waals surface area contributed by atoms with E-state index in [4.69, 9.17) is 9.47 Å². The van der Waals surface area contributed by atoms with Crippen LogP contribution in [0, 0.1) is 6.92 Å². The molecule has 0 bridgehead atoms. The van der Waals surface area contributed by atoms with Crippen molar-refractivity contribution >= 4 is 23.7 Å². The summed E-state index contributed by atoms with van der Waals surface area (Å²) in [6, 6.07) is 12.9. The highest BCUT2D eigenvalue weighted by Crippen LogP contribution is 2.28. The molecule has 0 unspecified atom stereocenters. The molecule has 1 heterocycles. The maximum Gasteiger partial charge on any atom is 0.326 e. The number of hydrogen-bond acceptors (Lipinski definition) is 6. The van der Waals surface area contributed by atoms with E-state index in [1.807, 2.05) is 26.0 Å². The molecule has 0 spiro atoms. The van der Waals surface area contributed by atoms with E-state index in [-0.39, 0.29) is 0 Å². The molecular weight excluding hydrogens is 400 g/mol. The number of rotatable bonds is 8. The van der Waals surface area contributed by atoms with Crippen molar-refractivity contribution in [3.8, 4) is 5.75 Å². The third kappa shape index (κ3) is 4.74. The Kier molecular flexibility index (Phi) is 6.39. The van der Waals surface area contributed by atoms with E-state index in [0.29, 0.717) is 23.5 Å². The smallest absolute Gasteiger partial charge is 0.326 e. The fraction of sp³-hybridized carbons (Fsp3) is 0.304. The molecule has 0 radical (unpaired) electrons. The lowest BCUT2D eigenvalue weighted by Crippen LogP contribution is -2.41. The van der Waals surface area contributed by atoms with Crippen LogP contribution in [0.1, 0.15) is 35.3 Å². The van der Waals surface area contributed by atoms with Gasteiger partial charge in [-0.25, -0.2) is 4.79 Å². The van der Waals surface area contributed by atoms with Crippen LogP contribution in [0.4, 0.5) is 4.79 Å². The second-order valence-electron chi connectivity index (χ2n) is 7.35. The van der Waals surface area contributed by atoms with Crippen LogP contribution in [0.15, 0.2) is 48.5 Å². The second kappa shape index (κ2) is 8.99. The van der Waals surface area contributed by atoms with Gasteiger partial charge in [0.05, 0.1) is 6.61 Å². The summed E-state index contributed by atoms with van der Waals surface area (Å²) >= 11 is 0. The van der Waals surface area contributed by atoms with Gasteiger partial charge in [0.2, 0.25) is 0 Å². The third-order valence-corrected chi connectivity index (χ3v) is 5.04. The van der Waals surface area contributed by atoms with Gasteiger partial charge in [-0.15, -0.1) is 0 Å². The van der Waals surface area contributed by atoms with Gasteiger partial charge in [-0.1, -0.05) is 29.8 Å². The van der Waals surface area contributed by atoms with Crippen molar-refractivity contribution in [1.82, 2.24) is 10.2 Å². The molecule has 0 saturated carbocycles. The van der Waals surface area contributed by atoms with Crippen molar-refractivity contribution in [2.75, 3.05) is 19.8 Å². The van der Waals surface area contributed by atoms with Gasteiger partial charge in [0, 0.05) is 5.56 Å². The maximum atomic E-state index is 12.9. The van der Waals surface area contributed by atoms with Crippen LogP contribution >= 0.6 is 0 Å². The van der Waals surface area contributed by atoms with Crippen molar-refractivity contribution in [2.45, 2.75) is 26.3 Å². The number of carbonyl (C=O) groups excluding carboxylic acids is 4. The monoisotopic (exact) mass is 424 g/mol. The fourth-order valence-electron chi connectivity index (χ4n) is 3.23. The van der Waals surface area contributed by atoms with Crippen LogP contribution in [0.5, 0.6) is 5.75 Å². The van der Waals surface area contributed by atoms with Gasteiger partial charge < -0.3 is 14.8 Å². The Labute approximate surface area is 180 Å². The molecule has 1 aliphatic heterocycles. The number of hydrogen-bond donors (Lipinski definition) is 1. The summed E-state index contributed by atoms with van der Waals surface area (Å²) in [7, 11) is 0. The van der Waals surface area contributed by atoms with E-state index in [1.54, 1.807) is 43.3 Å². The normalized spacial score (nSPS) is 18.0. The number of urea groups is 1. The quantitative estimate of drug-likeness (QED) is 0.397. The number of benzene rings is 2. The fourth-order valence-corrected chi connectivity index (χ4v) is 3.23. The lowest BCUT2D eigenvalue weighted by Gasteiger charge is -2.22. The summed E-state index contributed by atoms with van der Waals surface area (Å²) in [5, 5.41) is 2.63. The topological polar surface area (TPSA) is 102 Å². The highest BCUT2D eigenvalue weighted by molar-refractivity contribution is 6.09. The molecule has 3 amide bonds. The summed E-state index contributed by atoms with van der Waals surface area (Å²) in [5.74, 6) is -1.18. The average molecular weight is 424 g/mol. The van der Waals surface area contributed by atoms with Crippen LogP contribution in [-0.2, 0) is 19.9 Å². The number of amides is 3. The van der Waals surface area contributed by atoms with Gasteiger partial charge in [-0.2, -0.15) is 0 Å². The Hall–Kier alpha value is -3.68. The summed E-state index contributed by atoms with van der Waals surface area (Å²) in [6.45, 7) is 4.79. The van der Waals surface area contributed by atoms with Crippen LogP contribution in [0.2, 0.25) is 0 Å². The molecule has 0 aromatic heterocycles. The minimum absolute atomic E-state index is 0.359. The molecule has 1 N–H and O–H groups in total. The molecule has 0 aliphatic carbocycles. The Bertz CT molecular complexity index is 1000. The zero-order valence-corrected chi connectivity index (χ0v) is 17.6. The predicted molar refractivity (Wildman–Crippen MR) is 112 cm³/mol. The van der Waals surface area contributed by atoms with Crippen LogP contribution in [0.25, 0.3) is 0 Å². The van der Waals surface area contributed by atoms with Gasteiger partial charge in [0.25, 0.3) is 5.91 Å². The van der Waals surface area contributed by atoms with Crippen molar-refractivity contribution in [2.24, 2.45) is 0 Å². The van der Waals surface area contributed by atoms with Crippen LogP contribution in [0.3, 0.4) is 0 Å². The van der Waals surface area contributed by atoms with Crippen molar-refractivity contribution < 1.29 is 28.7 Å². The molecule has 1 atom stereocenters. The lowest BCUT2D eigenvalue weighted by atomic mass is 9.91. The third-order valence-electron chi connectivity index (χ3n) is 5.04. The zero-order valence-electron chi connectivity index (χ0n) is 17.6. The number of carbonyl (C=O) groups is 4. The van der Waals surface area contributed by atoms with Crippen LogP contribution < -0.4 is 10.1 Å². The van der Waals surface area contributed by atoms with Crippen molar-refractivity contribution in [1.29, 1.82) is 0 Å². The summed E-state index contributed by atoms with van der Waals surface area (Å²) in [6.07, 6.45) is 0. The predicted octanol–water partition coefficient (Wildman–Crippen LogP) is 2.59. The van der Waals surface area contributed by atoms with Crippen molar-refractivity contribution in [3.05, 3.63) is 65.2 Å². The standard InChI is InChI=1S/C23H24N2O6/c1-4-30-18-11-7-16(8-12-18)19(26)14-31-20(27)13-25-21(28)23(3,24-22(25)29)17-9-5-15(2)6-10-17/h5-12H,4,13-14H2,1-3H3,(H,24,29)/t23-/m1/s1. The molecule has 2 aromatic rings. The Morgan fingerprint density at radius 2 is 1.68 bits per heavy atom. The second-order valence-corrected chi connectivity index (χ2v) is 7.35. The molecular formula is C23H24N2O6. The Balaban J connectivity index is 1.58. The van der Waals surface area contributed by atoms with E-state index in [0.717, 1.165) is 10.5 Å². The van der Waals surface area contributed by atoms with Gasteiger partial charge in [-0.05, 0) is 50.6 Å². The number of ketones is 1. The highest BCUT2D eigenvalue weighted by Gasteiger charge is 2.49. The molecule has 2 aromatic carbocycles. The van der Waals surface area contributed by atoms with E-state index < -0.39 is 42.4 Å². The minimum atomic E-state index is -1.27. The van der Waals surface area contributed by atoms with Crippen LogP contribution in [-0.4, -0.2) is 48.3 Å². The van der Waals surface area contributed by atoms with Crippen molar-refractivity contribution in [3.63, 3.8) is 0 Å². The maximum absolute atomic E-state index is 12.9. The minimum Gasteiger partial charge on any atom is -0.494 e. The molecule has 1 aliphatic rings. The highest BCUT2D eigenvalue weighted by atomic mass is 16.5. The molecule has 1 fully saturated rings. The number of aryl methyl sites for hydroxylation is 1. The van der Waals surface area contributed by atoms with E-state index in [2.05, 4.69) is 5.32 Å². The number of esters is 1. The summed E-state index contributed by atoms with van der Waals surface area (Å²) in [4.78, 5) is 50.4. The zero-order chi connectivity index (χ0) is 22.6. The Morgan fingerprint density at radius 3 is 2.29 bits per heavy atom.